The molecule has 5 nitrogen and oxygen atoms in total. The fourth-order valence-corrected chi connectivity index (χ4v) is 2.19. The van der Waals surface area contributed by atoms with Gasteiger partial charge in [0.05, 0.1) is 5.69 Å². The van der Waals surface area contributed by atoms with Crippen LogP contribution in [0.15, 0.2) is 55.0 Å². The third-order valence-corrected chi connectivity index (χ3v) is 3.39. The number of carbonyl (C=O) groups is 1. The van der Waals surface area contributed by atoms with Crippen molar-refractivity contribution in [1.29, 1.82) is 0 Å². The molecule has 0 fully saturated rings. The number of nitrogens with zero attached hydrogens (tertiary/aromatic N) is 4. The van der Waals surface area contributed by atoms with E-state index in [9.17, 15) is 4.79 Å². The molecule has 2 aromatic heterocycles. The standard InChI is InChI=1S/C16H16N4O/c1-19-12-10-17-16(19)8-7-15(21)14-9-11-20(18-14)13-5-3-2-4-6-13/h2-6,9-12H,7-8H2,1H3. The lowest BCUT2D eigenvalue weighted by Crippen LogP contribution is -2.06. The summed E-state index contributed by atoms with van der Waals surface area (Å²) in [6.45, 7) is 0. The van der Waals surface area contributed by atoms with Crippen molar-refractivity contribution in [2.24, 2.45) is 7.05 Å². The third kappa shape index (κ3) is 2.91. The van der Waals surface area contributed by atoms with E-state index < -0.39 is 0 Å². The van der Waals surface area contributed by atoms with Crippen molar-refractivity contribution >= 4 is 5.78 Å². The summed E-state index contributed by atoms with van der Waals surface area (Å²) in [6.07, 6.45) is 6.47. The van der Waals surface area contributed by atoms with Crippen LogP contribution in [0.25, 0.3) is 5.69 Å². The smallest absolute Gasteiger partial charge is 0.183 e. The molecule has 3 aromatic rings. The van der Waals surface area contributed by atoms with Gasteiger partial charge < -0.3 is 4.57 Å². The predicted octanol–water partition coefficient (Wildman–Crippen LogP) is 2.42. The number of aryl methyl sites for hydroxylation is 2. The van der Waals surface area contributed by atoms with Crippen LogP contribution in [-0.2, 0) is 13.5 Å². The molecule has 5 heteroatoms. The highest BCUT2D eigenvalue weighted by molar-refractivity contribution is 5.94. The highest BCUT2D eigenvalue weighted by atomic mass is 16.1. The first-order chi connectivity index (χ1) is 10.2. The molecule has 1 aromatic carbocycles. The zero-order chi connectivity index (χ0) is 14.7. The second-order valence-corrected chi connectivity index (χ2v) is 4.86. The molecule has 0 bridgehead atoms. The second-order valence-electron chi connectivity index (χ2n) is 4.86. The Kier molecular flexibility index (Phi) is 3.64. The van der Waals surface area contributed by atoms with E-state index in [2.05, 4.69) is 10.1 Å². The van der Waals surface area contributed by atoms with Crippen molar-refractivity contribution in [2.45, 2.75) is 12.8 Å². The van der Waals surface area contributed by atoms with Gasteiger partial charge in [0.2, 0.25) is 0 Å². The van der Waals surface area contributed by atoms with Crippen LogP contribution in [0.2, 0.25) is 0 Å². The Morgan fingerprint density at radius 2 is 1.95 bits per heavy atom. The van der Waals surface area contributed by atoms with Gasteiger partial charge in [-0.1, -0.05) is 18.2 Å². The summed E-state index contributed by atoms with van der Waals surface area (Å²) in [6, 6.07) is 11.5. The maximum Gasteiger partial charge on any atom is 0.183 e. The minimum atomic E-state index is 0.0349. The molecule has 0 unspecified atom stereocenters. The van der Waals surface area contributed by atoms with E-state index >= 15 is 0 Å². The van der Waals surface area contributed by atoms with Gasteiger partial charge in [-0.25, -0.2) is 9.67 Å². The van der Waals surface area contributed by atoms with Gasteiger partial charge in [-0.05, 0) is 18.2 Å². The zero-order valence-electron chi connectivity index (χ0n) is 11.8. The third-order valence-electron chi connectivity index (χ3n) is 3.39. The van der Waals surface area contributed by atoms with E-state index in [0.717, 1.165) is 11.5 Å². The first-order valence-electron chi connectivity index (χ1n) is 6.84. The number of Topliss-reactive ketones (excluding diaryl/α,β-unsaturated/α-hetero) is 1. The summed E-state index contributed by atoms with van der Waals surface area (Å²) in [4.78, 5) is 16.4. The van der Waals surface area contributed by atoms with Gasteiger partial charge in [0.15, 0.2) is 5.78 Å². The van der Waals surface area contributed by atoms with Gasteiger partial charge in [0.25, 0.3) is 0 Å². The zero-order valence-corrected chi connectivity index (χ0v) is 11.8. The Labute approximate surface area is 122 Å². The van der Waals surface area contributed by atoms with Crippen LogP contribution >= 0.6 is 0 Å². The minimum Gasteiger partial charge on any atom is -0.338 e. The number of ketones is 1. The number of aromatic nitrogens is 4. The minimum absolute atomic E-state index is 0.0349. The lowest BCUT2D eigenvalue weighted by molar-refractivity contribution is 0.0976. The van der Waals surface area contributed by atoms with Crippen molar-refractivity contribution in [3.8, 4) is 5.69 Å². The van der Waals surface area contributed by atoms with Crippen LogP contribution in [0, 0.1) is 0 Å². The molecule has 0 atom stereocenters. The molecule has 0 aliphatic rings. The van der Waals surface area contributed by atoms with E-state index in [4.69, 9.17) is 0 Å². The van der Waals surface area contributed by atoms with Crippen LogP contribution in [0.4, 0.5) is 0 Å². The molecule has 106 valence electrons. The maximum atomic E-state index is 12.2. The largest absolute Gasteiger partial charge is 0.338 e. The first-order valence-corrected chi connectivity index (χ1v) is 6.84. The number of rotatable bonds is 5. The van der Waals surface area contributed by atoms with Crippen molar-refractivity contribution < 1.29 is 4.79 Å². The molecule has 0 saturated heterocycles. The summed E-state index contributed by atoms with van der Waals surface area (Å²) in [5.41, 5.74) is 1.44. The highest BCUT2D eigenvalue weighted by Gasteiger charge is 2.11. The van der Waals surface area contributed by atoms with E-state index in [-0.39, 0.29) is 5.78 Å². The van der Waals surface area contributed by atoms with E-state index in [1.165, 1.54) is 0 Å². The van der Waals surface area contributed by atoms with Crippen molar-refractivity contribution in [2.75, 3.05) is 0 Å². The SMILES string of the molecule is Cn1ccnc1CCC(=O)c1ccn(-c2ccccc2)n1. The van der Waals surface area contributed by atoms with Gasteiger partial charge >= 0.3 is 0 Å². The Morgan fingerprint density at radius 3 is 2.67 bits per heavy atom. The molecule has 0 radical (unpaired) electrons. The summed E-state index contributed by atoms with van der Waals surface area (Å²) >= 11 is 0. The monoisotopic (exact) mass is 280 g/mol. The van der Waals surface area contributed by atoms with Crippen molar-refractivity contribution in [1.82, 2.24) is 19.3 Å². The second kappa shape index (κ2) is 5.75. The van der Waals surface area contributed by atoms with Gasteiger partial charge in [0, 0.05) is 38.5 Å². The van der Waals surface area contributed by atoms with Gasteiger partial charge in [-0.2, -0.15) is 5.10 Å². The lowest BCUT2D eigenvalue weighted by Gasteiger charge is -2.01. The Hall–Kier alpha value is -2.69. The number of benzene rings is 1. The fourth-order valence-electron chi connectivity index (χ4n) is 2.19. The molecule has 0 saturated carbocycles. The normalized spacial score (nSPS) is 10.7. The average molecular weight is 280 g/mol. The Balaban J connectivity index is 1.69. The van der Waals surface area contributed by atoms with Crippen LogP contribution in [0.5, 0.6) is 0 Å². The predicted molar refractivity (Wildman–Crippen MR) is 79.4 cm³/mol. The number of carbonyl (C=O) groups excluding carboxylic acids is 1. The topological polar surface area (TPSA) is 52.7 Å². The molecule has 0 aliphatic heterocycles. The number of imidazole rings is 1. The summed E-state index contributed by atoms with van der Waals surface area (Å²) < 4.78 is 3.64. The van der Waals surface area contributed by atoms with Gasteiger partial charge in [-0.15, -0.1) is 0 Å². The molecule has 21 heavy (non-hydrogen) atoms. The summed E-state index contributed by atoms with van der Waals surface area (Å²) in [5, 5.41) is 4.34. The van der Waals surface area contributed by atoms with Crippen LogP contribution < -0.4 is 0 Å². The van der Waals surface area contributed by atoms with Crippen LogP contribution in [0.1, 0.15) is 22.7 Å². The lowest BCUT2D eigenvalue weighted by atomic mass is 10.1. The number of hydrogen-bond acceptors (Lipinski definition) is 3. The summed E-state index contributed by atoms with van der Waals surface area (Å²) in [5.74, 6) is 0.943. The molecular weight excluding hydrogens is 264 g/mol. The van der Waals surface area contributed by atoms with E-state index in [0.29, 0.717) is 18.5 Å². The molecule has 0 aliphatic carbocycles. The first kappa shape index (κ1) is 13.3. The van der Waals surface area contributed by atoms with Crippen molar-refractivity contribution in [3.63, 3.8) is 0 Å². The fraction of sp³-hybridized carbons (Fsp3) is 0.188. The quantitative estimate of drug-likeness (QED) is 0.674. The van der Waals surface area contributed by atoms with E-state index in [1.54, 1.807) is 16.9 Å². The number of hydrogen-bond donors (Lipinski definition) is 0. The van der Waals surface area contributed by atoms with Gasteiger partial charge in [-0.3, -0.25) is 4.79 Å². The molecular formula is C16H16N4O. The summed E-state index contributed by atoms with van der Waals surface area (Å²) in [7, 11) is 1.93. The molecule has 2 heterocycles. The Bertz CT molecular complexity index is 742. The van der Waals surface area contributed by atoms with Gasteiger partial charge in [0.1, 0.15) is 11.5 Å². The average Bonchev–Trinajstić information content (AvgIpc) is 3.15. The molecule has 0 spiro atoms. The van der Waals surface area contributed by atoms with Crippen LogP contribution in [0.3, 0.4) is 0 Å². The highest BCUT2D eigenvalue weighted by Crippen LogP contribution is 2.09. The Morgan fingerprint density at radius 1 is 1.14 bits per heavy atom. The van der Waals surface area contributed by atoms with Crippen molar-refractivity contribution in [3.05, 3.63) is 66.5 Å². The molecule has 0 amide bonds. The van der Waals surface area contributed by atoms with E-state index in [1.807, 2.05) is 54.3 Å². The number of para-hydroxylation sites is 1. The van der Waals surface area contributed by atoms with Crippen LogP contribution in [-0.4, -0.2) is 25.1 Å². The molecule has 0 N–H and O–H groups in total. The maximum absolute atomic E-state index is 12.2. The molecule has 3 rings (SSSR count).